The number of rotatable bonds is 5. The van der Waals surface area contributed by atoms with Crippen molar-refractivity contribution in [1.29, 1.82) is 0 Å². The smallest absolute Gasteiger partial charge is 0.246 e. The molecule has 1 aromatic carbocycles. The second-order valence-corrected chi connectivity index (χ2v) is 6.91. The van der Waals surface area contributed by atoms with Gasteiger partial charge in [-0.3, -0.25) is 0 Å². The predicted molar refractivity (Wildman–Crippen MR) is 77.0 cm³/mol. The van der Waals surface area contributed by atoms with Gasteiger partial charge in [0.15, 0.2) is 0 Å². The average Bonchev–Trinajstić information content (AvgIpc) is 2.22. The predicted octanol–water partition coefficient (Wildman–Crippen LogP) is 1.97. The fourth-order valence-electron chi connectivity index (χ4n) is 1.72. The molecule has 1 rings (SSSR count). The van der Waals surface area contributed by atoms with Crippen LogP contribution in [0.2, 0.25) is 10.0 Å². The summed E-state index contributed by atoms with van der Waals surface area (Å²) in [5, 5.41) is 9.22. The molecule has 0 heterocycles. The lowest BCUT2D eigenvalue weighted by Gasteiger charge is -2.26. The lowest BCUT2D eigenvalue weighted by atomic mass is 10.3. The van der Waals surface area contributed by atoms with Crippen molar-refractivity contribution < 1.29 is 13.5 Å². The van der Waals surface area contributed by atoms with Gasteiger partial charge in [-0.15, -0.1) is 0 Å². The van der Waals surface area contributed by atoms with Crippen LogP contribution in [0.1, 0.15) is 13.8 Å². The van der Waals surface area contributed by atoms with Crippen LogP contribution in [0.5, 0.6) is 0 Å². The highest BCUT2D eigenvalue weighted by molar-refractivity contribution is 7.89. The molecule has 3 N–H and O–H groups in total. The van der Waals surface area contributed by atoms with Crippen molar-refractivity contribution in [3.8, 4) is 0 Å². The van der Waals surface area contributed by atoms with Gasteiger partial charge in [-0.25, -0.2) is 8.42 Å². The van der Waals surface area contributed by atoms with Crippen LogP contribution in [0, 0.1) is 0 Å². The zero-order valence-electron chi connectivity index (χ0n) is 10.6. The molecule has 0 fully saturated rings. The number of aliphatic hydroxyl groups excluding tert-OH is 1. The second-order valence-electron chi connectivity index (χ2n) is 4.24. The van der Waals surface area contributed by atoms with Crippen LogP contribution in [0.25, 0.3) is 0 Å². The van der Waals surface area contributed by atoms with Crippen LogP contribution in [-0.4, -0.2) is 37.0 Å². The number of hydrogen-bond donors (Lipinski definition) is 2. The van der Waals surface area contributed by atoms with Gasteiger partial charge in [0.1, 0.15) is 4.90 Å². The van der Waals surface area contributed by atoms with Crippen molar-refractivity contribution in [2.75, 3.05) is 18.9 Å². The lowest BCUT2D eigenvalue weighted by molar-refractivity contribution is 0.236. The molecule has 8 heteroatoms. The van der Waals surface area contributed by atoms with E-state index in [0.717, 1.165) is 4.31 Å². The van der Waals surface area contributed by atoms with E-state index in [1.165, 1.54) is 12.1 Å². The molecule has 0 aliphatic heterocycles. The summed E-state index contributed by atoms with van der Waals surface area (Å²) in [6.45, 7) is 3.08. The average molecular weight is 327 g/mol. The highest BCUT2D eigenvalue weighted by atomic mass is 35.5. The van der Waals surface area contributed by atoms with E-state index >= 15 is 0 Å². The maximum atomic E-state index is 12.5. The van der Waals surface area contributed by atoms with Crippen LogP contribution in [-0.2, 0) is 10.0 Å². The lowest BCUT2D eigenvalue weighted by Crippen LogP contribution is -2.39. The maximum absolute atomic E-state index is 12.5. The van der Waals surface area contributed by atoms with E-state index in [2.05, 4.69) is 0 Å². The fourth-order valence-corrected chi connectivity index (χ4v) is 4.30. The molecule has 0 atom stereocenters. The molecule has 0 amide bonds. The molecule has 0 aliphatic carbocycles. The molecule has 0 saturated carbocycles. The molecule has 0 unspecified atom stereocenters. The quantitative estimate of drug-likeness (QED) is 0.810. The van der Waals surface area contributed by atoms with E-state index in [0.29, 0.717) is 0 Å². The van der Waals surface area contributed by atoms with Gasteiger partial charge in [-0.1, -0.05) is 23.2 Å². The van der Waals surface area contributed by atoms with Crippen LogP contribution < -0.4 is 5.73 Å². The van der Waals surface area contributed by atoms with E-state index in [1.807, 2.05) is 0 Å². The topological polar surface area (TPSA) is 83.6 Å². The Hall–Kier alpha value is -0.530. The van der Waals surface area contributed by atoms with E-state index in [9.17, 15) is 8.42 Å². The van der Waals surface area contributed by atoms with E-state index < -0.39 is 10.0 Å². The molecular weight excluding hydrogens is 311 g/mol. The zero-order valence-corrected chi connectivity index (χ0v) is 12.9. The van der Waals surface area contributed by atoms with Crippen LogP contribution in [0.15, 0.2) is 17.0 Å². The van der Waals surface area contributed by atoms with Crippen molar-refractivity contribution in [1.82, 2.24) is 4.31 Å². The number of benzene rings is 1. The van der Waals surface area contributed by atoms with E-state index in [4.69, 9.17) is 34.0 Å². The second kappa shape index (κ2) is 6.28. The van der Waals surface area contributed by atoms with Crippen molar-refractivity contribution >= 4 is 38.9 Å². The van der Waals surface area contributed by atoms with Gasteiger partial charge in [0, 0.05) is 17.6 Å². The van der Waals surface area contributed by atoms with Crippen molar-refractivity contribution in [2.24, 2.45) is 0 Å². The van der Waals surface area contributed by atoms with E-state index in [-0.39, 0.29) is 39.8 Å². The molecule has 19 heavy (non-hydrogen) atoms. The van der Waals surface area contributed by atoms with Gasteiger partial charge >= 0.3 is 0 Å². The van der Waals surface area contributed by atoms with Crippen LogP contribution in [0.3, 0.4) is 0 Å². The standard InChI is InChI=1S/C11H16Cl2N2O3S/c1-7(2)15(3-4-16)19(17,18)11-9(13)5-8(12)6-10(11)14/h5-7,16H,3-4,14H2,1-2H3. The third-order valence-corrected chi connectivity index (χ3v) is 5.32. The molecule has 108 valence electrons. The summed E-state index contributed by atoms with van der Waals surface area (Å²) in [7, 11) is -3.88. The van der Waals surface area contributed by atoms with E-state index in [1.54, 1.807) is 13.8 Å². The molecule has 0 radical (unpaired) electrons. The van der Waals surface area contributed by atoms with Crippen molar-refractivity contribution in [3.05, 3.63) is 22.2 Å². The SMILES string of the molecule is CC(C)N(CCO)S(=O)(=O)c1c(N)cc(Cl)cc1Cl. The van der Waals surface area contributed by atoms with Crippen molar-refractivity contribution in [2.45, 2.75) is 24.8 Å². The number of sulfonamides is 1. The Balaban J connectivity index is 3.42. The monoisotopic (exact) mass is 326 g/mol. The normalized spacial score (nSPS) is 12.4. The maximum Gasteiger partial charge on any atom is 0.246 e. The first-order chi connectivity index (χ1) is 8.71. The molecule has 5 nitrogen and oxygen atoms in total. The van der Waals surface area contributed by atoms with Gasteiger partial charge < -0.3 is 10.8 Å². The van der Waals surface area contributed by atoms with Gasteiger partial charge in [-0.05, 0) is 26.0 Å². The number of nitrogens with two attached hydrogens (primary N) is 1. The number of aliphatic hydroxyl groups is 1. The Bertz CT molecular complexity index is 538. The summed E-state index contributed by atoms with van der Waals surface area (Å²) in [5.41, 5.74) is 5.69. The largest absolute Gasteiger partial charge is 0.398 e. The first-order valence-corrected chi connectivity index (χ1v) is 7.78. The highest BCUT2D eigenvalue weighted by Gasteiger charge is 2.30. The third kappa shape index (κ3) is 3.52. The molecule has 0 aromatic heterocycles. The molecule has 0 bridgehead atoms. The van der Waals surface area contributed by atoms with Gasteiger partial charge in [0.25, 0.3) is 0 Å². The first-order valence-electron chi connectivity index (χ1n) is 5.59. The molecule has 0 saturated heterocycles. The Morgan fingerprint density at radius 2 is 1.95 bits per heavy atom. The number of nitrogen functional groups attached to an aromatic ring is 1. The minimum absolute atomic E-state index is 0.0129. The van der Waals surface area contributed by atoms with Gasteiger partial charge in [0.05, 0.1) is 17.3 Å². The fraction of sp³-hybridized carbons (Fsp3) is 0.455. The number of anilines is 1. The Morgan fingerprint density at radius 1 is 1.37 bits per heavy atom. The number of hydrogen-bond acceptors (Lipinski definition) is 4. The zero-order chi connectivity index (χ0) is 14.8. The number of halogens is 2. The third-order valence-electron chi connectivity index (χ3n) is 2.50. The summed E-state index contributed by atoms with van der Waals surface area (Å²) in [6, 6.07) is 2.32. The Labute approximate surface area is 123 Å². The summed E-state index contributed by atoms with van der Waals surface area (Å²) in [4.78, 5) is -0.180. The summed E-state index contributed by atoms with van der Waals surface area (Å²) < 4.78 is 26.2. The summed E-state index contributed by atoms with van der Waals surface area (Å²) >= 11 is 11.7. The molecule has 0 aliphatic rings. The van der Waals surface area contributed by atoms with Gasteiger partial charge in [-0.2, -0.15) is 4.31 Å². The van der Waals surface area contributed by atoms with Gasteiger partial charge in [0.2, 0.25) is 10.0 Å². The Kier molecular flexibility index (Phi) is 5.46. The summed E-state index contributed by atoms with van der Waals surface area (Å²) in [6.07, 6.45) is 0. The molecule has 0 spiro atoms. The molecular formula is C11H16Cl2N2O3S. The first kappa shape index (κ1) is 16.5. The molecule has 1 aromatic rings. The Morgan fingerprint density at radius 3 is 2.37 bits per heavy atom. The van der Waals surface area contributed by atoms with Crippen LogP contribution in [0.4, 0.5) is 5.69 Å². The minimum atomic E-state index is -3.88. The number of nitrogens with zero attached hydrogens (tertiary/aromatic N) is 1. The summed E-state index contributed by atoms with van der Waals surface area (Å²) in [5.74, 6) is 0. The highest BCUT2D eigenvalue weighted by Crippen LogP contribution is 2.33. The van der Waals surface area contributed by atoms with Crippen molar-refractivity contribution in [3.63, 3.8) is 0 Å². The van der Waals surface area contributed by atoms with Crippen LogP contribution >= 0.6 is 23.2 Å². The minimum Gasteiger partial charge on any atom is -0.398 e.